The standard InChI is InChI=1S/C15H29N/c1-2-13-4-3-5-15(12-13)7-6-14-8-10-16-11-9-14/h13-16H,2-12H2,1H3. The van der Waals surface area contributed by atoms with Gasteiger partial charge in [0.15, 0.2) is 0 Å². The molecule has 2 fully saturated rings. The molecule has 0 amide bonds. The van der Waals surface area contributed by atoms with Crippen molar-refractivity contribution in [1.29, 1.82) is 0 Å². The molecule has 1 heteroatoms. The molecule has 2 aliphatic rings. The zero-order valence-corrected chi connectivity index (χ0v) is 11.0. The highest BCUT2D eigenvalue weighted by Gasteiger charge is 2.22. The van der Waals surface area contributed by atoms with Gasteiger partial charge in [0.25, 0.3) is 0 Å². The third-order valence-electron chi connectivity index (χ3n) is 4.91. The fourth-order valence-corrected chi connectivity index (χ4v) is 3.68. The van der Waals surface area contributed by atoms with E-state index >= 15 is 0 Å². The smallest absolute Gasteiger partial charge is 0.00463 e. The van der Waals surface area contributed by atoms with Crippen molar-refractivity contribution in [3.05, 3.63) is 0 Å². The van der Waals surface area contributed by atoms with E-state index in [1.54, 1.807) is 6.42 Å². The van der Waals surface area contributed by atoms with Crippen LogP contribution in [0.5, 0.6) is 0 Å². The van der Waals surface area contributed by atoms with Crippen LogP contribution in [0.1, 0.15) is 64.7 Å². The third kappa shape index (κ3) is 3.76. The van der Waals surface area contributed by atoms with Crippen LogP contribution in [0.2, 0.25) is 0 Å². The summed E-state index contributed by atoms with van der Waals surface area (Å²) in [6.45, 7) is 4.92. The molecule has 16 heavy (non-hydrogen) atoms. The molecule has 0 bridgehead atoms. The van der Waals surface area contributed by atoms with Crippen molar-refractivity contribution in [2.45, 2.75) is 64.7 Å². The first-order valence-electron chi connectivity index (χ1n) is 7.59. The van der Waals surface area contributed by atoms with Crippen LogP contribution >= 0.6 is 0 Å². The number of rotatable bonds is 4. The Kier molecular flexibility index (Phi) is 5.15. The van der Waals surface area contributed by atoms with Gasteiger partial charge in [-0.1, -0.05) is 45.4 Å². The zero-order valence-electron chi connectivity index (χ0n) is 11.0. The molecule has 1 N–H and O–H groups in total. The molecule has 0 radical (unpaired) electrons. The first kappa shape index (κ1) is 12.4. The largest absolute Gasteiger partial charge is 0.317 e. The van der Waals surface area contributed by atoms with E-state index in [1.165, 1.54) is 64.5 Å². The highest BCUT2D eigenvalue weighted by Crippen LogP contribution is 2.35. The normalized spacial score (nSPS) is 32.8. The van der Waals surface area contributed by atoms with E-state index in [9.17, 15) is 0 Å². The minimum absolute atomic E-state index is 1.04. The van der Waals surface area contributed by atoms with Gasteiger partial charge in [-0.05, 0) is 50.1 Å². The molecule has 94 valence electrons. The Morgan fingerprint density at radius 3 is 2.31 bits per heavy atom. The fraction of sp³-hybridized carbons (Fsp3) is 1.00. The second-order valence-electron chi connectivity index (χ2n) is 6.08. The molecular weight excluding hydrogens is 194 g/mol. The first-order valence-corrected chi connectivity index (χ1v) is 7.59. The van der Waals surface area contributed by atoms with Gasteiger partial charge in [0, 0.05) is 0 Å². The summed E-state index contributed by atoms with van der Waals surface area (Å²) >= 11 is 0. The van der Waals surface area contributed by atoms with Gasteiger partial charge in [0.2, 0.25) is 0 Å². The molecule has 1 nitrogen and oxygen atoms in total. The van der Waals surface area contributed by atoms with Crippen LogP contribution < -0.4 is 5.32 Å². The SMILES string of the molecule is CCC1CCCC(CCC2CCNCC2)C1. The summed E-state index contributed by atoms with van der Waals surface area (Å²) in [7, 11) is 0. The van der Waals surface area contributed by atoms with Crippen LogP contribution in [0, 0.1) is 17.8 Å². The Morgan fingerprint density at radius 2 is 1.56 bits per heavy atom. The van der Waals surface area contributed by atoms with Crippen LogP contribution in [0.4, 0.5) is 0 Å². The maximum atomic E-state index is 3.47. The van der Waals surface area contributed by atoms with Gasteiger partial charge in [-0.3, -0.25) is 0 Å². The second kappa shape index (κ2) is 6.64. The van der Waals surface area contributed by atoms with Crippen LogP contribution in [-0.2, 0) is 0 Å². The highest BCUT2D eigenvalue weighted by molar-refractivity contribution is 4.75. The van der Waals surface area contributed by atoms with Crippen molar-refractivity contribution < 1.29 is 0 Å². The molecule has 2 rings (SSSR count). The van der Waals surface area contributed by atoms with Gasteiger partial charge in [-0.15, -0.1) is 0 Å². The Balaban J connectivity index is 1.64. The number of hydrogen-bond donors (Lipinski definition) is 1. The summed E-state index contributed by atoms with van der Waals surface area (Å²) in [4.78, 5) is 0. The van der Waals surface area contributed by atoms with E-state index in [2.05, 4.69) is 12.2 Å². The molecule has 2 unspecified atom stereocenters. The Labute approximate surface area is 101 Å². The van der Waals surface area contributed by atoms with Gasteiger partial charge < -0.3 is 5.32 Å². The average molecular weight is 223 g/mol. The molecule has 0 aromatic carbocycles. The summed E-state index contributed by atoms with van der Waals surface area (Å²) < 4.78 is 0. The van der Waals surface area contributed by atoms with E-state index < -0.39 is 0 Å². The van der Waals surface area contributed by atoms with E-state index in [-0.39, 0.29) is 0 Å². The van der Waals surface area contributed by atoms with Gasteiger partial charge in [0.1, 0.15) is 0 Å². The molecule has 1 heterocycles. The zero-order chi connectivity index (χ0) is 11.2. The Hall–Kier alpha value is -0.0400. The van der Waals surface area contributed by atoms with Gasteiger partial charge in [-0.25, -0.2) is 0 Å². The molecule has 0 spiro atoms. The predicted octanol–water partition coefficient (Wildman–Crippen LogP) is 3.98. The molecule has 0 aromatic heterocycles. The fourth-order valence-electron chi connectivity index (χ4n) is 3.68. The summed E-state index contributed by atoms with van der Waals surface area (Å²) in [5, 5.41) is 3.47. The maximum absolute atomic E-state index is 3.47. The second-order valence-corrected chi connectivity index (χ2v) is 6.08. The average Bonchev–Trinajstić information content (AvgIpc) is 2.38. The Morgan fingerprint density at radius 1 is 0.875 bits per heavy atom. The van der Waals surface area contributed by atoms with E-state index in [0.717, 1.165) is 17.8 Å². The topological polar surface area (TPSA) is 12.0 Å². The summed E-state index contributed by atoms with van der Waals surface area (Å²) in [6, 6.07) is 0. The highest BCUT2D eigenvalue weighted by atomic mass is 14.9. The lowest BCUT2D eigenvalue weighted by atomic mass is 9.77. The summed E-state index contributed by atoms with van der Waals surface area (Å²) in [5.41, 5.74) is 0. The molecule has 1 saturated carbocycles. The number of hydrogen-bond acceptors (Lipinski definition) is 1. The van der Waals surface area contributed by atoms with Crippen molar-refractivity contribution in [2.24, 2.45) is 17.8 Å². The molecule has 2 atom stereocenters. The molecule has 1 aliphatic carbocycles. The van der Waals surface area contributed by atoms with E-state index in [4.69, 9.17) is 0 Å². The minimum Gasteiger partial charge on any atom is -0.317 e. The van der Waals surface area contributed by atoms with Crippen molar-refractivity contribution in [3.63, 3.8) is 0 Å². The van der Waals surface area contributed by atoms with Crippen LogP contribution in [0.3, 0.4) is 0 Å². The van der Waals surface area contributed by atoms with Gasteiger partial charge in [-0.2, -0.15) is 0 Å². The summed E-state index contributed by atoms with van der Waals surface area (Å²) in [5.74, 6) is 3.18. The van der Waals surface area contributed by atoms with Crippen molar-refractivity contribution in [2.75, 3.05) is 13.1 Å². The van der Waals surface area contributed by atoms with Crippen LogP contribution in [0.25, 0.3) is 0 Å². The van der Waals surface area contributed by atoms with Crippen LogP contribution in [0.15, 0.2) is 0 Å². The predicted molar refractivity (Wildman–Crippen MR) is 70.6 cm³/mol. The van der Waals surface area contributed by atoms with Crippen LogP contribution in [-0.4, -0.2) is 13.1 Å². The monoisotopic (exact) mass is 223 g/mol. The first-order chi connectivity index (χ1) is 7.88. The lowest BCUT2D eigenvalue weighted by molar-refractivity contribution is 0.227. The van der Waals surface area contributed by atoms with Crippen molar-refractivity contribution in [3.8, 4) is 0 Å². The molecule has 0 aromatic rings. The maximum Gasteiger partial charge on any atom is -0.00463 e. The molecule has 1 saturated heterocycles. The van der Waals surface area contributed by atoms with E-state index in [0.29, 0.717) is 0 Å². The molecule has 1 aliphatic heterocycles. The Bertz CT molecular complexity index is 184. The minimum atomic E-state index is 1.04. The lowest BCUT2D eigenvalue weighted by Crippen LogP contribution is -2.28. The van der Waals surface area contributed by atoms with Gasteiger partial charge in [0.05, 0.1) is 0 Å². The third-order valence-corrected chi connectivity index (χ3v) is 4.91. The summed E-state index contributed by atoms with van der Waals surface area (Å²) in [6.07, 6.45) is 13.4. The lowest BCUT2D eigenvalue weighted by Gasteiger charge is -2.30. The van der Waals surface area contributed by atoms with Gasteiger partial charge >= 0.3 is 0 Å². The van der Waals surface area contributed by atoms with Crippen molar-refractivity contribution >= 4 is 0 Å². The number of nitrogens with one attached hydrogen (secondary N) is 1. The quantitative estimate of drug-likeness (QED) is 0.760. The van der Waals surface area contributed by atoms with Crippen molar-refractivity contribution in [1.82, 2.24) is 5.32 Å². The molecular formula is C15H29N. The number of piperidine rings is 1. The van der Waals surface area contributed by atoms with E-state index in [1.807, 2.05) is 0 Å².